The molecule has 0 aliphatic rings. The van der Waals surface area contributed by atoms with Crippen molar-refractivity contribution in [3.63, 3.8) is 0 Å². The third-order valence-electron chi connectivity index (χ3n) is 5.03. The average Bonchev–Trinajstić information content (AvgIpc) is 3.20. The second-order valence-corrected chi connectivity index (χ2v) is 7.20. The van der Waals surface area contributed by atoms with Gasteiger partial charge in [0.05, 0.1) is 12.5 Å². The molecule has 0 fully saturated rings. The van der Waals surface area contributed by atoms with Gasteiger partial charge in [0.2, 0.25) is 5.91 Å². The van der Waals surface area contributed by atoms with Crippen LogP contribution in [-0.2, 0) is 4.79 Å². The first-order valence-electron chi connectivity index (χ1n) is 10.3. The number of carbonyl (C=O) groups excluding carboxylic acids is 1. The van der Waals surface area contributed by atoms with E-state index in [4.69, 9.17) is 0 Å². The molecule has 1 aromatic carbocycles. The van der Waals surface area contributed by atoms with Gasteiger partial charge in [-0.25, -0.2) is 4.39 Å². The van der Waals surface area contributed by atoms with Gasteiger partial charge in [0.15, 0.2) is 0 Å². The van der Waals surface area contributed by atoms with E-state index in [0.717, 1.165) is 57.2 Å². The third kappa shape index (κ3) is 6.85. The van der Waals surface area contributed by atoms with Gasteiger partial charge in [-0.3, -0.25) is 4.79 Å². The van der Waals surface area contributed by atoms with Gasteiger partial charge in [-0.05, 0) is 42.7 Å². The molecule has 0 bridgehead atoms. The fraction of sp³-hybridized carbons (Fsp3) is 0.522. The predicted octanol–water partition coefficient (Wildman–Crippen LogP) is 5.82. The predicted molar refractivity (Wildman–Crippen MR) is 109 cm³/mol. The zero-order valence-electron chi connectivity index (χ0n) is 16.7. The molecular formula is C23H33FN2O. The van der Waals surface area contributed by atoms with Gasteiger partial charge in [-0.1, -0.05) is 51.7 Å². The summed E-state index contributed by atoms with van der Waals surface area (Å²) < 4.78 is 15.4. The van der Waals surface area contributed by atoms with Crippen molar-refractivity contribution < 1.29 is 9.18 Å². The monoisotopic (exact) mass is 372 g/mol. The molecule has 0 saturated heterocycles. The molecule has 1 heterocycles. The van der Waals surface area contributed by atoms with E-state index in [1.165, 1.54) is 12.1 Å². The highest BCUT2D eigenvalue weighted by atomic mass is 19.1. The van der Waals surface area contributed by atoms with E-state index in [0.29, 0.717) is 6.42 Å². The second-order valence-electron chi connectivity index (χ2n) is 7.20. The number of halogens is 1. The number of nitrogens with zero attached hydrogens (tertiary/aromatic N) is 2. The first-order chi connectivity index (χ1) is 13.2. The summed E-state index contributed by atoms with van der Waals surface area (Å²) in [7, 11) is 0. The van der Waals surface area contributed by atoms with Gasteiger partial charge in [0, 0.05) is 25.5 Å². The molecule has 1 aromatic heterocycles. The lowest BCUT2D eigenvalue weighted by molar-refractivity contribution is -0.132. The summed E-state index contributed by atoms with van der Waals surface area (Å²) in [6.45, 7) is 6.02. The van der Waals surface area contributed by atoms with Crippen LogP contribution in [0, 0.1) is 5.82 Å². The number of aromatic nitrogens is 1. The van der Waals surface area contributed by atoms with E-state index in [1.54, 1.807) is 12.1 Å². The van der Waals surface area contributed by atoms with Crippen LogP contribution in [0.4, 0.5) is 4.39 Å². The lowest BCUT2D eigenvalue weighted by Gasteiger charge is -2.26. The molecule has 1 unspecified atom stereocenters. The maximum Gasteiger partial charge on any atom is 0.225 e. The average molecular weight is 373 g/mol. The van der Waals surface area contributed by atoms with Crippen molar-refractivity contribution in [1.82, 2.24) is 9.47 Å². The number of benzene rings is 1. The maximum absolute atomic E-state index is 13.3. The van der Waals surface area contributed by atoms with Crippen LogP contribution in [0.15, 0.2) is 48.8 Å². The van der Waals surface area contributed by atoms with Crippen LogP contribution in [0.5, 0.6) is 0 Å². The van der Waals surface area contributed by atoms with Crippen molar-refractivity contribution >= 4 is 5.91 Å². The van der Waals surface area contributed by atoms with Crippen molar-refractivity contribution in [3.8, 4) is 0 Å². The normalized spacial score (nSPS) is 12.1. The van der Waals surface area contributed by atoms with Crippen LogP contribution in [0.2, 0.25) is 0 Å². The highest BCUT2D eigenvalue weighted by Gasteiger charge is 2.21. The molecule has 0 radical (unpaired) electrons. The molecular weight excluding hydrogens is 339 g/mol. The fourth-order valence-electron chi connectivity index (χ4n) is 3.40. The van der Waals surface area contributed by atoms with Crippen molar-refractivity contribution in [1.29, 1.82) is 0 Å². The summed E-state index contributed by atoms with van der Waals surface area (Å²) in [5, 5.41) is 0. The van der Waals surface area contributed by atoms with Crippen molar-refractivity contribution in [3.05, 3.63) is 60.2 Å². The van der Waals surface area contributed by atoms with Crippen molar-refractivity contribution in [2.45, 2.75) is 64.8 Å². The Balaban J connectivity index is 2.12. The second kappa shape index (κ2) is 11.6. The zero-order chi connectivity index (χ0) is 19.5. The Kier molecular flexibility index (Phi) is 9.09. The number of amides is 1. The Morgan fingerprint density at radius 1 is 0.963 bits per heavy atom. The molecule has 4 heteroatoms. The van der Waals surface area contributed by atoms with Crippen LogP contribution >= 0.6 is 0 Å². The van der Waals surface area contributed by atoms with E-state index < -0.39 is 0 Å². The molecule has 148 valence electrons. The smallest absolute Gasteiger partial charge is 0.225 e. The first kappa shape index (κ1) is 21.2. The van der Waals surface area contributed by atoms with E-state index in [1.807, 2.05) is 34.0 Å². The van der Waals surface area contributed by atoms with Gasteiger partial charge in [-0.15, -0.1) is 0 Å². The van der Waals surface area contributed by atoms with Gasteiger partial charge >= 0.3 is 0 Å². The van der Waals surface area contributed by atoms with E-state index in [9.17, 15) is 9.18 Å². The molecule has 2 aromatic rings. The van der Waals surface area contributed by atoms with Gasteiger partial charge in [0.1, 0.15) is 5.82 Å². The van der Waals surface area contributed by atoms with Crippen LogP contribution in [-0.4, -0.2) is 28.5 Å². The first-order valence-corrected chi connectivity index (χ1v) is 10.3. The summed E-state index contributed by atoms with van der Waals surface area (Å²) in [6, 6.07) is 10.3. The summed E-state index contributed by atoms with van der Waals surface area (Å²) in [6.07, 6.45) is 11.1. The number of carbonyl (C=O) groups is 1. The molecule has 27 heavy (non-hydrogen) atoms. The standard InChI is InChI=1S/C23H33FN2O/c1-3-5-7-17-26(18-8-6-4-2)23(27)19-22(25-15-9-10-16-25)20-11-13-21(24)14-12-20/h9-16,22H,3-8,17-19H2,1-2H3. The molecule has 0 saturated carbocycles. The molecule has 1 amide bonds. The quantitative estimate of drug-likeness (QED) is 0.431. The highest BCUT2D eigenvalue weighted by Crippen LogP contribution is 2.24. The lowest BCUT2D eigenvalue weighted by atomic mass is 10.0. The Bertz CT molecular complexity index is 642. The number of rotatable bonds is 12. The number of hydrogen-bond donors (Lipinski definition) is 0. The molecule has 0 aliphatic heterocycles. The lowest BCUT2D eigenvalue weighted by Crippen LogP contribution is -2.34. The van der Waals surface area contributed by atoms with Crippen LogP contribution in [0.25, 0.3) is 0 Å². The molecule has 1 atom stereocenters. The van der Waals surface area contributed by atoms with Gasteiger partial charge < -0.3 is 9.47 Å². The Labute approximate surface area is 163 Å². The minimum Gasteiger partial charge on any atom is -0.346 e. The zero-order valence-corrected chi connectivity index (χ0v) is 16.7. The highest BCUT2D eigenvalue weighted by molar-refractivity contribution is 5.77. The summed E-state index contributed by atoms with van der Waals surface area (Å²) in [4.78, 5) is 15.1. The minimum atomic E-state index is -0.253. The molecule has 2 rings (SSSR count). The summed E-state index contributed by atoms with van der Waals surface area (Å²) in [5.74, 6) is -0.0673. The summed E-state index contributed by atoms with van der Waals surface area (Å²) in [5.41, 5.74) is 0.961. The molecule has 0 N–H and O–H groups in total. The Hall–Kier alpha value is -2.10. The molecule has 3 nitrogen and oxygen atoms in total. The molecule has 0 spiro atoms. The van der Waals surface area contributed by atoms with Crippen LogP contribution in [0.1, 0.15) is 70.4 Å². The van der Waals surface area contributed by atoms with E-state index >= 15 is 0 Å². The Morgan fingerprint density at radius 3 is 2.04 bits per heavy atom. The maximum atomic E-state index is 13.3. The van der Waals surface area contributed by atoms with Crippen LogP contribution < -0.4 is 0 Å². The Morgan fingerprint density at radius 2 is 1.52 bits per heavy atom. The van der Waals surface area contributed by atoms with E-state index in [-0.39, 0.29) is 17.8 Å². The number of hydrogen-bond acceptors (Lipinski definition) is 1. The largest absolute Gasteiger partial charge is 0.346 e. The van der Waals surface area contributed by atoms with Crippen molar-refractivity contribution in [2.75, 3.05) is 13.1 Å². The fourth-order valence-corrected chi connectivity index (χ4v) is 3.40. The topological polar surface area (TPSA) is 25.2 Å². The van der Waals surface area contributed by atoms with E-state index in [2.05, 4.69) is 13.8 Å². The van der Waals surface area contributed by atoms with Gasteiger partial charge in [-0.2, -0.15) is 0 Å². The molecule has 0 aliphatic carbocycles. The minimum absolute atomic E-state index is 0.104. The van der Waals surface area contributed by atoms with Crippen molar-refractivity contribution in [2.24, 2.45) is 0 Å². The number of unbranched alkanes of at least 4 members (excludes halogenated alkanes) is 4. The third-order valence-corrected chi connectivity index (χ3v) is 5.03. The van der Waals surface area contributed by atoms with Crippen LogP contribution in [0.3, 0.4) is 0 Å². The SMILES string of the molecule is CCCCCN(CCCCC)C(=O)CC(c1ccc(F)cc1)n1cccc1. The van der Waals surface area contributed by atoms with Gasteiger partial charge in [0.25, 0.3) is 0 Å². The summed E-state index contributed by atoms with van der Waals surface area (Å²) >= 11 is 0.